The molecule has 0 bridgehead atoms. The van der Waals surface area contributed by atoms with Crippen LogP contribution in [-0.2, 0) is 20.4 Å². The van der Waals surface area contributed by atoms with Gasteiger partial charge in [-0.25, -0.2) is 4.21 Å². The van der Waals surface area contributed by atoms with Gasteiger partial charge in [0.2, 0.25) is 0 Å². The van der Waals surface area contributed by atoms with Gasteiger partial charge in [-0.15, -0.1) is 16.0 Å². The van der Waals surface area contributed by atoms with Crippen molar-refractivity contribution in [3.63, 3.8) is 0 Å². The molecule has 0 aliphatic carbocycles. The number of carbonyl (C=O) groups is 2. The Kier molecular flexibility index (Phi) is 3.89. The van der Waals surface area contributed by atoms with E-state index in [4.69, 9.17) is 0 Å². The molecule has 7 heteroatoms. The fourth-order valence-electron chi connectivity index (χ4n) is 1.59. The Bertz CT molecular complexity index is 583. The molecule has 1 unspecified atom stereocenters. The zero-order chi connectivity index (χ0) is 14.0. The largest absolute Gasteiger partial charge is 0.288 e. The molecule has 0 radical (unpaired) electrons. The number of hydrogen-bond acceptors (Lipinski definition) is 5. The number of aryl methyl sites for hydroxylation is 1. The minimum atomic E-state index is -1.80. The van der Waals surface area contributed by atoms with Crippen LogP contribution < -0.4 is 0 Å². The predicted molar refractivity (Wildman–Crippen MR) is 67.1 cm³/mol. The van der Waals surface area contributed by atoms with Crippen LogP contribution >= 0.6 is 0 Å². The Balaban J connectivity index is 2.14. The summed E-state index contributed by atoms with van der Waals surface area (Å²) in [4.78, 5) is 28.3. The maximum Gasteiger partial charge on any atom is 0.288 e. The predicted octanol–water partition coefficient (Wildman–Crippen LogP) is 1.30. The van der Waals surface area contributed by atoms with E-state index in [1.165, 1.54) is 12.1 Å². The zero-order valence-electron chi connectivity index (χ0n) is 10.1. The van der Waals surface area contributed by atoms with Gasteiger partial charge in [0.25, 0.3) is 11.8 Å². The van der Waals surface area contributed by atoms with Gasteiger partial charge < -0.3 is 0 Å². The highest BCUT2D eigenvalue weighted by atomic mass is 32.2. The average molecular weight is 281 g/mol. The van der Waals surface area contributed by atoms with Crippen molar-refractivity contribution in [2.45, 2.75) is 6.92 Å². The van der Waals surface area contributed by atoms with Crippen molar-refractivity contribution in [2.24, 2.45) is 0 Å². The molecule has 1 aromatic carbocycles. The van der Waals surface area contributed by atoms with E-state index in [0.717, 1.165) is 5.56 Å². The van der Waals surface area contributed by atoms with E-state index in [1.807, 2.05) is 0 Å². The fraction of sp³-hybridized carbons (Fsp3) is 0.167. The van der Waals surface area contributed by atoms with Crippen LogP contribution in [0.5, 0.6) is 0 Å². The highest BCUT2D eigenvalue weighted by molar-refractivity contribution is 7.80. The minimum Gasteiger partial charge on any atom is -0.266 e. The topological polar surface area (TPSA) is 72.9 Å². The van der Waals surface area contributed by atoms with Crippen LogP contribution in [0.4, 0.5) is 0 Å². The van der Waals surface area contributed by atoms with Crippen LogP contribution in [0.2, 0.25) is 0 Å². The first kappa shape index (κ1) is 13.6. The van der Waals surface area contributed by atoms with Crippen LogP contribution in [-0.4, -0.2) is 26.8 Å². The summed E-state index contributed by atoms with van der Waals surface area (Å²) < 4.78 is 15.6. The van der Waals surface area contributed by atoms with Crippen LogP contribution in [0.25, 0.3) is 0 Å². The lowest BCUT2D eigenvalue weighted by Gasteiger charge is -2.09. The van der Waals surface area contributed by atoms with E-state index in [0.29, 0.717) is 5.06 Å². The summed E-state index contributed by atoms with van der Waals surface area (Å²) in [7, 11) is 0. The second-order valence-electron chi connectivity index (χ2n) is 3.86. The van der Waals surface area contributed by atoms with E-state index in [-0.39, 0.29) is 16.9 Å². The SMILES string of the molecule is C=CCS(=O)OON1C(=O)c2ccc(C)cc2C1=O. The smallest absolute Gasteiger partial charge is 0.266 e. The maximum absolute atomic E-state index is 11.9. The molecule has 0 N–H and O–H groups in total. The standard InChI is InChI=1S/C12H11NO5S/c1-3-6-19(16)18-17-13-11(14)9-5-4-8(2)7-10(9)12(13)15/h3-5,7H,1,6H2,2H3. The van der Waals surface area contributed by atoms with Crippen molar-refractivity contribution in [2.75, 3.05) is 5.75 Å². The molecule has 1 aromatic rings. The quantitative estimate of drug-likeness (QED) is 0.352. The molecule has 0 saturated heterocycles. The average Bonchev–Trinajstić information content (AvgIpc) is 2.60. The van der Waals surface area contributed by atoms with Gasteiger partial charge in [-0.05, 0) is 19.1 Å². The summed E-state index contributed by atoms with van der Waals surface area (Å²) in [6, 6.07) is 4.83. The molecular formula is C12H11NO5S. The van der Waals surface area contributed by atoms with E-state index in [9.17, 15) is 13.8 Å². The first-order chi connectivity index (χ1) is 9.04. The van der Waals surface area contributed by atoms with Gasteiger partial charge in [0, 0.05) is 0 Å². The molecule has 2 amide bonds. The Labute approximate surface area is 112 Å². The summed E-state index contributed by atoms with van der Waals surface area (Å²) in [5.74, 6) is -1.25. The highest BCUT2D eigenvalue weighted by Gasteiger charge is 2.38. The second-order valence-corrected chi connectivity index (χ2v) is 4.93. The normalized spacial score (nSPS) is 15.5. The number of benzene rings is 1. The number of amides is 2. The molecule has 1 heterocycles. The zero-order valence-corrected chi connectivity index (χ0v) is 10.9. The summed E-state index contributed by atoms with van der Waals surface area (Å²) in [5.41, 5.74) is 1.31. The Hall–Kier alpha value is -1.83. The molecule has 19 heavy (non-hydrogen) atoms. The molecule has 0 aromatic heterocycles. The van der Waals surface area contributed by atoms with Crippen LogP contribution in [0.1, 0.15) is 26.3 Å². The van der Waals surface area contributed by atoms with Crippen molar-refractivity contribution < 1.29 is 23.1 Å². The fourth-order valence-corrected chi connectivity index (χ4v) is 1.97. The number of rotatable bonds is 5. The molecule has 0 spiro atoms. The van der Waals surface area contributed by atoms with E-state index < -0.39 is 22.9 Å². The summed E-state index contributed by atoms with van der Waals surface area (Å²) in [6.07, 6.45) is 1.37. The van der Waals surface area contributed by atoms with Crippen molar-refractivity contribution >= 4 is 22.9 Å². The Morgan fingerprint density at radius 2 is 2.00 bits per heavy atom. The lowest BCUT2D eigenvalue weighted by atomic mass is 10.1. The molecule has 100 valence electrons. The number of carbonyl (C=O) groups excluding carboxylic acids is 2. The van der Waals surface area contributed by atoms with Gasteiger partial charge in [0.1, 0.15) is 0 Å². The lowest BCUT2D eigenvalue weighted by Crippen LogP contribution is -2.30. The number of fused-ring (bicyclic) bond motifs is 1. The number of hydrogen-bond donors (Lipinski definition) is 0. The van der Waals surface area contributed by atoms with E-state index in [1.54, 1.807) is 19.1 Å². The maximum atomic E-state index is 11.9. The summed E-state index contributed by atoms with van der Waals surface area (Å²) in [6.45, 7) is 5.18. The minimum absolute atomic E-state index is 0.0300. The molecule has 6 nitrogen and oxygen atoms in total. The molecule has 2 rings (SSSR count). The van der Waals surface area contributed by atoms with E-state index in [2.05, 4.69) is 15.9 Å². The second kappa shape index (κ2) is 5.43. The number of hydroxylamine groups is 2. The monoisotopic (exact) mass is 281 g/mol. The van der Waals surface area contributed by atoms with Gasteiger partial charge in [0.15, 0.2) is 11.1 Å². The third-order valence-electron chi connectivity index (χ3n) is 2.44. The molecular weight excluding hydrogens is 270 g/mol. The first-order valence-corrected chi connectivity index (χ1v) is 6.63. The summed E-state index contributed by atoms with van der Waals surface area (Å²) in [5, 5.41) is 0.449. The van der Waals surface area contributed by atoms with Gasteiger partial charge in [-0.1, -0.05) is 22.7 Å². The third kappa shape index (κ3) is 2.62. The molecule has 0 fully saturated rings. The highest BCUT2D eigenvalue weighted by Crippen LogP contribution is 2.24. The first-order valence-electron chi connectivity index (χ1n) is 5.38. The summed E-state index contributed by atoms with van der Waals surface area (Å²) >= 11 is -1.80. The van der Waals surface area contributed by atoms with Crippen LogP contribution in [0, 0.1) is 6.92 Å². The van der Waals surface area contributed by atoms with Crippen LogP contribution in [0.15, 0.2) is 30.9 Å². The number of nitrogens with zero attached hydrogens (tertiary/aromatic N) is 1. The van der Waals surface area contributed by atoms with Crippen molar-refractivity contribution in [1.29, 1.82) is 0 Å². The van der Waals surface area contributed by atoms with Gasteiger partial charge in [-0.3, -0.25) is 9.59 Å². The molecule has 1 atom stereocenters. The van der Waals surface area contributed by atoms with Gasteiger partial charge >= 0.3 is 0 Å². The van der Waals surface area contributed by atoms with Crippen LogP contribution in [0.3, 0.4) is 0 Å². The van der Waals surface area contributed by atoms with E-state index >= 15 is 0 Å². The third-order valence-corrected chi connectivity index (χ3v) is 3.16. The van der Waals surface area contributed by atoms with Gasteiger partial charge in [-0.2, -0.15) is 0 Å². The van der Waals surface area contributed by atoms with Gasteiger partial charge in [0.05, 0.1) is 16.9 Å². The molecule has 1 aliphatic rings. The van der Waals surface area contributed by atoms with Crippen molar-refractivity contribution in [3.05, 3.63) is 47.5 Å². The lowest BCUT2D eigenvalue weighted by molar-refractivity contribution is -0.312. The Morgan fingerprint density at radius 1 is 1.32 bits per heavy atom. The van der Waals surface area contributed by atoms with Crippen molar-refractivity contribution in [3.8, 4) is 0 Å². The molecule has 0 saturated carbocycles. The van der Waals surface area contributed by atoms with Crippen molar-refractivity contribution in [1.82, 2.24) is 5.06 Å². The number of imide groups is 1. The molecule has 1 aliphatic heterocycles. The Morgan fingerprint density at radius 3 is 2.68 bits per heavy atom.